The first-order valence-corrected chi connectivity index (χ1v) is 10.4. The number of hydrogen-bond acceptors (Lipinski definition) is 3. The van der Waals surface area contributed by atoms with Crippen molar-refractivity contribution in [2.75, 3.05) is 14.2 Å². The summed E-state index contributed by atoms with van der Waals surface area (Å²) in [6, 6.07) is 18.6. The number of methoxy groups -OCH3 is 1. The topological polar surface area (TPSA) is 58.8 Å². The third kappa shape index (κ3) is 3.27. The average molecular weight is 394 g/mol. The molecule has 1 atom stereocenters. The molecule has 1 spiro atoms. The van der Waals surface area contributed by atoms with Crippen LogP contribution in [-0.2, 0) is 12.1 Å². The van der Waals surface area contributed by atoms with Gasteiger partial charge in [0.15, 0.2) is 0 Å². The average Bonchev–Trinajstić information content (AvgIpc) is 2.93. The Labute approximate surface area is 173 Å². The normalized spacial score (nSPS) is 29.5. The summed E-state index contributed by atoms with van der Waals surface area (Å²) in [6.07, 6.45) is 3.60. The Balaban J connectivity index is 1.52. The maximum Gasteiger partial charge on any atom is 0.320 e. The smallest absolute Gasteiger partial charge is 0.320 e. The van der Waals surface area contributed by atoms with Crippen LogP contribution in [0.15, 0.2) is 54.6 Å². The van der Waals surface area contributed by atoms with E-state index in [0.717, 1.165) is 37.0 Å². The van der Waals surface area contributed by atoms with Crippen LogP contribution in [0.25, 0.3) is 0 Å². The molecule has 1 aliphatic carbocycles. The van der Waals surface area contributed by atoms with E-state index in [9.17, 15) is 4.79 Å². The number of carbonyl (C=O) groups excluding carboxylic acids is 1. The van der Waals surface area contributed by atoms with Crippen LogP contribution in [0.4, 0.5) is 4.79 Å². The molecule has 2 aromatic rings. The van der Waals surface area contributed by atoms with Crippen LogP contribution >= 0.6 is 0 Å². The molecule has 4 rings (SSSR count). The molecule has 2 aliphatic rings. The second-order valence-corrected chi connectivity index (χ2v) is 8.62. The summed E-state index contributed by atoms with van der Waals surface area (Å²) >= 11 is 0. The number of nitrogens with zero attached hydrogens (tertiary/aromatic N) is 2. The van der Waals surface area contributed by atoms with Crippen molar-refractivity contribution in [2.24, 2.45) is 5.73 Å². The highest BCUT2D eigenvalue weighted by molar-refractivity contribution is 5.78. The van der Waals surface area contributed by atoms with Crippen molar-refractivity contribution in [2.45, 2.75) is 56.3 Å². The fourth-order valence-corrected chi connectivity index (χ4v) is 5.19. The number of likely N-dealkylation sites (N-methyl/N-ethyl adjacent to an activating group) is 1. The standard InChI is InChI=1S/C24H31N3O2/c1-18-24(15-13-23(25,14-16-24)20-7-5-4-6-8-20)26(2)22(28)27(18)17-19-9-11-21(29-3)12-10-19/h4-12,18H,13-17,25H2,1-3H3. The van der Waals surface area contributed by atoms with Gasteiger partial charge in [0.1, 0.15) is 5.75 Å². The Hall–Kier alpha value is -2.53. The van der Waals surface area contributed by atoms with Gasteiger partial charge in [0.2, 0.25) is 0 Å². The number of amides is 2. The molecule has 1 aliphatic heterocycles. The van der Waals surface area contributed by atoms with Crippen molar-refractivity contribution in [3.05, 3.63) is 65.7 Å². The zero-order chi connectivity index (χ0) is 20.6. The van der Waals surface area contributed by atoms with E-state index in [0.29, 0.717) is 6.54 Å². The van der Waals surface area contributed by atoms with E-state index in [1.807, 2.05) is 47.2 Å². The zero-order valence-corrected chi connectivity index (χ0v) is 17.6. The molecule has 1 unspecified atom stereocenters. The zero-order valence-electron chi connectivity index (χ0n) is 17.6. The van der Waals surface area contributed by atoms with E-state index in [-0.39, 0.29) is 23.2 Å². The predicted octanol–water partition coefficient (Wildman–Crippen LogP) is 4.12. The van der Waals surface area contributed by atoms with E-state index in [2.05, 4.69) is 31.2 Å². The molecule has 1 saturated heterocycles. The Bertz CT molecular complexity index is 857. The van der Waals surface area contributed by atoms with E-state index in [1.165, 1.54) is 5.56 Å². The van der Waals surface area contributed by atoms with E-state index < -0.39 is 0 Å². The molecule has 154 valence electrons. The largest absolute Gasteiger partial charge is 0.497 e. The number of urea groups is 1. The second-order valence-electron chi connectivity index (χ2n) is 8.62. The predicted molar refractivity (Wildman–Crippen MR) is 115 cm³/mol. The SMILES string of the molecule is COc1ccc(CN2C(=O)N(C)C3(CCC(N)(c4ccccc4)CC3)C2C)cc1. The summed E-state index contributed by atoms with van der Waals surface area (Å²) in [7, 11) is 3.62. The number of rotatable bonds is 4. The molecule has 1 heterocycles. The van der Waals surface area contributed by atoms with Crippen molar-refractivity contribution in [3.63, 3.8) is 0 Å². The second kappa shape index (κ2) is 7.38. The first kappa shape index (κ1) is 19.8. The Morgan fingerprint density at radius 3 is 2.24 bits per heavy atom. The van der Waals surface area contributed by atoms with Gasteiger partial charge in [-0.2, -0.15) is 0 Å². The monoisotopic (exact) mass is 393 g/mol. The van der Waals surface area contributed by atoms with Crippen LogP contribution in [0.3, 0.4) is 0 Å². The number of benzene rings is 2. The highest BCUT2D eigenvalue weighted by Gasteiger charge is 2.56. The van der Waals surface area contributed by atoms with Gasteiger partial charge in [0, 0.05) is 19.1 Å². The third-order valence-electron chi connectivity index (χ3n) is 7.31. The van der Waals surface area contributed by atoms with Gasteiger partial charge in [-0.05, 0) is 55.9 Å². The van der Waals surface area contributed by atoms with Crippen LogP contribution in [0.5, 0.6) is 5.75 Å². The van der Waals surface area contributed by atoms with Crippen LogP contribution in [-0.4, -0.2) is 41.6 Å². The molecular weight excluding hydrogens is 362 g/mol. The van der Waals surface area contributed by atoms with Crippen molar-refractivity contribution in [1.82, 2.24) is 9.80 Å². The molecule has 2 fully saturated rings. The fraction of sp³-hybridized carbons (Fsp3) is 0.458. The van der Waals surface area contributed by atoms with E-state index >= 15 is 0 Å². The number of ether oxygens (including phenoxy) is 1. The molecule has 0 aromatic heterocycles. The molecule has 2 amide bonds. The Morgan fingerprint density at radius 2 is 1.66 bits per heavy atom. The summed E-state index contributed by atoms with van der Waals surface area (Å²) < 4.78 is 5.24. The Morgan fingerprint density at radius 1 is 1.03 bits per heavy atom. The summed E-state index contributed by atoms with van der Waals surface area (Å²) in [5.74, 6) is 0.829. The maximum atomic E-state index is 13.1. The van der Waals surface area contributed by atoms with Gasteiger partial charge in [-0.3, -0.25) is 0 Å². The van der Waals surface area contributed by atoms with Crippen molar-refractivity contribution >= 4 is 6.03 Å². The molecule has 1 saturated carbocycles. The molecule has 5 heteroatoms. The maximum absolute atomic E-state index is 13.1. The van der Waals surface area contributed by atoms with Gasteiger partial charge in [0.25, 0.3) is 0 Å². The summed E-state index contributed by atoms with van der Waals surface area (Å²) in [5, 5.41) is 0. The van der Waals surface area contributed by atoms with Gasteiger partial charge < -0.3 is 20.3 Å². The first-order valence-electron chi connectivity index (χ1n) is 10.4. The van der Waals surface area contributed by atoms with E-state index in [4.69, 9.17) is 10.5 Å². The van der Waals surface area contributed by atoms with Crippen LogP contribution in [0.1, 0.15) is 43.7 Å². The van der Waals surface area contributed by atoms with Crippen LogP contribution < -0.4 is 10.5 Å². The number of hydrogen-bond donors (Lipinski definition) is 1. The number of carbonyl (C=O) groups is 1. The van der Waals surface area contributed by atoms with Gasteiger partial charge in [-0.15, -0.1) is 0 Å². The minimum absolute atomic E-state index is 0.109. The van der Waals surface area contributed by atoms with Gasteiger partial charge in [-0.1, -0.05) is 42.5 Å². The van der Waals surface area contributed by atoms with Gasteiger partial charge >= 0.3 is 6.03 Å². The molecular formula is C24H31N3O2. The van der Waals surface area contributed by atoms with Crippen LogP contribution in [0.2, 0.25) is 0 Å². The van der Waals surface area contributed by atoms with Gasteiger partial charge in [-0.25, -0.2) is 4.79 Å². The fourth-order valence-electron chi connectivity index (χ4n) is 5.19. The summed E-state index contributed by atoms with van der Waals surface area (Å²) in [5.41, 5.74) is 8.67. The molecule has 2 N–H and O–H groups in total. The lowest BCUT2D eigenvalue weighted by Gasteiger charge is -2.48. The third-order valence-corrected chi connectivity index (χ3v) is 7.31. The minimum atomic E-state index is -0.306. The highest BCUT2D eigenvalue weighted by Crippen LogP contribution is 2.48. The molecule has 5 nitrogen and oxygen atoms in total. The van der Waals surface area contributed by atoms with Crippen LogP contribution in [0, 0.1) is 0 Å². The molecule has 0 radical (unpaired) electrons. The quantitative estimate of drug-likeness (QED) is 0.850. The minimum Gasteiger partial charge on any atom is -0.497 e. The summed E-state index contributed by atoms with van der Waals surface area (Å²) in [6.45, 7) is 2.81. The highest BCUT2D eigenvalue weighted by atomic mass is 16.5. The summed E-state index contributed by atoms with van der Waals surface area (Å²) in [4.78, 5) is 17.1. The van der Waals surface area contributed by atoms with Crippen molar-refractivity contribution in [1.29, 1.82) is 0 Å². The lowest BCUT2D eigenvalue weighted by atomic mass is 9.67. The Kier molecular flexibility index (Phi) is 5.03. The molecule has 0 bridgehead atoms. The lowest BCUT2D eigenvalue weighted by molar-refractivity contribution is 0.0776. The number of nitrogens with two attached hydrogens (primary N) is 1. The lowest BCUT2D eigenvalue weighted by Crippen LogP contribution is -2.56. The molecule has 2 aromatic carbocycles. The van der Waals surface area contributed by atoms with Gasteiger partial charge in [0.05, 0.1) is 18.7 Å². The van der Waals surface area contributed by atoms with Crippen molar-refractivity contribution in [3.8, 4) is 5.75 Å². The molecule has 29 heavy (non-hydrogen) atoms. The first-order chi connectivity index (χ1) is 13.9. The van der Waals surface area contributed by atoms with E-state index in [1.54, 1.807) is 7.11 Å². The van der Waals surface area contributed by atoms with Crippen molar-refractivity contribution < 1.29 is 9.53 Å².